The van der Waals surface area contributed by atoms with E-state index in [0.717, 1.165) is 65.0 Å². The van der Waals surface area contributed by atoms with E-state index in [9.17, 15) is 9.59 Å². The van der Waals surface area contributed by atoms with Gasteiger partial charge in [0.1, 0.15) is 23.0 Å². The molecule has 10 heteroatoms. The maximum atomic E-state index is 13.1. The van der Waals surface area contributed by atoms with E-state index in [-0.39, 0.29) is 0 Å². The van der Waals surface area contributed by atoms with Gasteiger partial charge in [-0.15, -0.1) is 0 Å². The predicted octanol–water partition coefficient (Wildman–Crippen LogP) is 7.20. The van der Waals surface area contributed by atoms with E-state index in [1.165, 1.54) is 0 Å². The molecule has 4 aliphatic heterocycles. The Kier molecular flexibility index (Phi) is 10.7. The Morgan fingerprint density at radius 3 is 1.33 bits per heavy atom. The van der Waals surface area contributed by atoms with Gasteiger partial charge in [-0.2, -0.15) is 0 Å². The molecule has 0 aromatic heterocycles. The number of hydrogen-bond acceptors (Lipinski definition) is 10. The van der Waals surface area contributed by atoms with Gasteiger partial charge in [-0.3, -0.25) is 0 Å². The third-order valence-corrected chi connectivity index (χ3v) is 10.1. The summed E-state index contributed by atoms with van der Waals surface area (Å²) in [5, 5.41) is 1.29. The molecule has 272 valence electrons. The standard InChI is InChI=1S/C42H44O10/c43-41(27-9-13-31(14-10-27)45-19-3-5-29(39-25-49-39)21-33-23-47-33)51-37-17-18-38(36-8-2-1-7-35(36)37)52-42(44)28-11-15-32(16-12-28)46-20-4-6-30(40-26-50-40)22-34-24-48-34/h1-2,7-18,29-30,33-34,39-40H,3-6,19-26H2. The van der Waals surface area contributed by atoms with Crippen molar-refractivity contribution in [2.45, 2.75) is 62.9 Å². The van der Waals surface area contributed by atoms with Gasteiger partial charge in [-0.05, 0) is 111 Å². The number of ether oxygens (including phenoxy) is 8. The fraction of sp³-hybridized carbons (Fsp3) is 0.429. The molecule has 52 heavy (non-hydrogen) atoms. The van der Waals surface area contributed by atoms with Crippen molar-refractivity contribution >= 4 is 22.7 Å². The lowest BCUT2D eigenvalue weighted by Gasteiger charge is -2.14. The lowest BCUT2D eigenvalue weighted by Crippen LogP contribution is -2.13. The molecule has 8 rings (SSSR count). The van der Waals surface area contributed by atoms with Crippen LogP contribution in [0.5, 0.6) is 23.0 Å². The molecule has 4 aliphatic rings. The van der Waals surface area contributed by atoms with Gasteiger partial charge < -0.3 is 37.9 Å². The van der Waals surface area contributed by atoms with Gasteiger partial charge in [-0.1, -0.05) is 24.3 Å². The van der Waals surface area contributed by atoms with Gasteiger partial charge in [0.25, 0.3) is 0 Å². The zero-order valence-electron chi connectivity index (χ0n) is 29.1. The molecule has 0 radical (unpaired) electrons. The van der Waals surface area contributed by atoms with Crippen LogP contribution in [0, 0.1) is 11.8 Å². The predicted molar refractivity (Wildman–Crippen MR) is 191 cm³/mol. The summed E-state index contributed by atoms with van der Waals surface area (Å²) < 4.78 is 45.3. The molecule has 0 amide bonds. The van der Waals surface area contributed by atoms with E-state index >= 15 is 0 Å². The number of esters is 2. The van der Waals surface area contributed by atoms with Gasteiger partial charge in [0.2, 0.25) is 0 Å². The average molecular weight is 709 g/mol. The Hall–Kier alpha value is -4.48. The Morgan fingerprint density at radius 2 is 0.962 bits per heavy atom. The smallest absolute Gasteiger partial charge is 0.343 e. The third-order valence-electron chi connectivity index (χ3n) is 10.1. The summed E-state index contributed by atoms with van der Waals surface area (Å²) in [5.74, 6) is 2.18. The number of carbonyl (C=O) groups is 2. The Bertz CT molecular complexity index is 1690. The van der Waals surface area contributed by atoms with Crippen molar-refractivity contribution in [2.75, 3.05) is 39.6 Å². The molecule has 0 saturated carbocycles. The van der Waals surface area contributed by atoms with Crippen molar-refractivity contribution in [2.24, 2.45) is 11.8 Å². The SMILES string of the molecule is O=C(Oc1ccc(OC(=O)c2ccc(OCCCC(CC3CO3)C3CO3)cc2)c2ccccc12)c1ccc(OCCCC(CC2CO2)C2CO2)cc1. The largest absolute Gasteiger partial charge is 0.494 e. The second-order valence-electron chi connectivity index (χ2n) is 14.1. The van der Waals surface area contributed by atoms with Crippen molar-refractivity contribution in [3.63, 3.8) is 0 Å². The molecule has 0 N–H and O–H groups in total. The number of benzene rings is 4. The van der Waals surface area contributed by atoms with Crippen LogP contribution in [0.2, 0.25) is 0 Å². The van der Waals surface area contributed by atoms with E-state index in [4.69, 9.17) is 37.9 Å². The Labute approximate surface area is 303 Å². The molecule has 4 fully saturated rings. The van der Waals surface area contributed by atoms with Crippen LogP contribution in [0.1, 0.15) is 59.2 Å². The zero-order valence-corrected chi connectivity index (χ0v) is 29.1. The molecule has 0 spiro atoms. The van der Waals surface area contributed by atoms with Crippen molar-refractivity contribution in [1.82, 2.24) is 0 Å². The minimum Gasteiger partial charge on any atom is -0.494 e. The van der Waals surface area contributed by atoms with Crippen LogP contribution in [-0.2, 0) is 18.9 Å². The maximum Gasteiger partial charge on any atom is 0.343 e. The summed E-state index contributed by atoms with van der Waals surface area (Å²) in [6.07, 6.45) is 7.61. The summed E-state index contributed by atoms with van der Waals surface area (Å²) in [6, 6.07) is 24.5. The highest BCUT2D eigenvalue weighted by Crippen LogP contribution is 2.35. The number of epoxide rings is 4. The molecule has 4 heterocycles. The molecule has 4 saturated heterocycles. The first-order valence-corrected chi connectivity index (χ1v) is 18.4. The molecule has 6 atom stereocenters. The third kappa shape index (κ3) is 9.49. The zero-order chi connectivity index (χ0) is 35.3. The first-order valence-electron chi connectivity index (χ1n) is 18.4. The van der Waals surface area contributed by atoms with Gasteiger partial charge in [0.15, 0.2) is 0 Å². The molecule has 0 bridgehead atoms. The van der Waals surface area contributed by atoms with Crippen LogP contribution in [0.15, 0.2) is 84.9 Å². The topological polar surface area (TPSA) is 121 Å². The fourth-order valence-electron chi connectivity index (χ4n) is 6.84. The van der Waals surface area contributed by atoms with Crippen molar-refractivity contribution in [1.29, 1.82) is 0 Å². The first kappa shape index (κ1) is 34.6. The summed E-state index contributed by atoms with van der Waals surface area (Å²) in [7, 11) is 0. The lowest BCUT2D eigenvalue weighted by atomic mass is 9.95. The summed E-state index contributed by atoms with van der Waals surface area (Å²) in [4.78, 5) is 26.3. The van der Waals surface area contributed by atoms with Crippen LogP contribution >= 0.6 is 0 Å². The van der Waals surface area contributed by atoms with Crippen LogP contribution in [-0.4, -0.2) is 76.0 Å². The highest BCUT2D eigenvalue weighted by Gasteiger charge is 2.38. The average Bonchev–Trinajstić information content (AvgIpc) is 3.98. The van der Waals surface area contributed by atoms with Crippen LogP contribution in [0.3, 0.4) is 0 Å². The summed E-state index contributed by atoms with van der Waals surface area (Å²) in [6.45, 7) is 4.63. The summed E-state index contributed by atoms with van der Waals surface area (Å²) >= 11 is 0. The molecule has 10 nitrogen and oxygen atoms in total. The fourth-order valence-corrected chi connectivity index (χ4v) is 6.84. The minimum atomic E-state index is -0.497. The quantitative estimate of drug-likeness (QED) is 0.0403. The number of hydrogen-bond donors (Lipinski definition) is 0. The van der Waals surface area contributed by atoms with E-state index in [1.807, 2.05) is 24.3 Å². The van der Waals surface area contributed by atoms with Crippen LogP contribution < -0.4 is 18.9 Å². The number of carbonyl (C=O) groups excluding carboxylic acids is 2. The number of fused-ring (bicyclic) bond motifs is 1. The normalized spacial score (nSPS) is 22.2. The van der Waals surface area contributed by atoms with Gasteiger partial charge in [0, 0.05) is 10.8 Å². The molecular formula is C42H44O10. The highest BCUT2D eigenvalue weighted by molar-refractivity contribution is 6.00. The first-order chi connectivity index (χ1) is 25.6. The second-order valence-corrected chi connectivity index (χ2v) is 14.1. The van der Waals surface area contributed by atoms with E-state index in [2.05, 4.69) is 0 Å². The molecule has 4 aromatic carbocycles. The van der Waals surface area contributed by atoms with E-state index in [0.29, 0.717) is 94.4 Å². The van der Waals surface area contributed by atoms with Crippen molar-refractivity contribution < 1.29 is 47.5 Å². The van der Waals surface area contributed by atoms with Crippen LogP contribution in [0.4, 0.5) is 0 Å². The second kappa shape index (κ2) is 16.0. The number of rotatable bonds is 20. The van der Waals surface area contributed by atoms with Gasteiger partial charge >= 0.3 is 11.9 Å². The Morgan fingerprint density at radius 1 is 0.558 bits per heavy atom. The van der Waals surface area contributed by atoms with E-state index in [1.54, 1.807) is 60.7 Å². The van der Waals surface area contributed by atoms with E-state index < -0.39 is 11.9 Å². The highest BCUT2D eigenvalue weighted by atomic mass is 16.6. The molecule has 6 unspecified atom stereocenters. The molecule has 0 aliphatic carbocycles. The lowest BCUT2D eigenvalue weighted by molar-refractivity contribution is 0.0723. The van der Waals surface area contributed by atoms with Crippen molar-refractivity contribution in [3.8, 4) is 23.0 Å². The maximum absolute atomic E-state index is 13.1. The van der Waals surface area contributed by atoms with Gasteiger partial charge in [0.05, 0.1) is 75.2 Å². The Balaban J connectivity index is 0.814. The summed E-state index contributed by atoms with van der Waals surface area (Å²) in [5.41, 5.74) is 0.797. The monoisotopic (exact) mass is 708 g/mol. The minimum absolute atomic E-state index is 0.366. The molecule has 4 aromatic rings. The van der Waals surface area contributed by atoms with Crippen molar-refractivity contribution in [3.05, 3.63) is 96.1 Å². The molecular weight excluding hydrogens is 664 g/mol. The van der Waals surface area contributed by atoms with Gasteiger partial charge in [-0.25, -0.2) is 9.59 Å². The van der Waals surface area contributed by atoms with Crippen LogP contribution in [0.25, 0.3) is 10.8 Å².